The number of nitrogens with zero attached hydrogens (tertiary/aromatic N) is 4. The lowest BCUT2D eigenvalue weighted by Crippen LogP contribution is -2.36. The Morgan fingerprint density at radius 1 is 1.04 bits per heavy atom. The lowest BCUT2D eigenvalue weighted by molar-refractivity contribution is 0.0736. The summed E-state index contributed by atoms with van der Waals surface area (Å²) in [5.41, 5.74) is 2.68. The summed E-state index contributed by atoms with van der Waals surface area (Å²) >= 11 is 1.42. The Hall–Kier alpha value is -2.57. The molecule has 0 spiro atoms. The largest absolute Gasteiger partial charge is 0.332 e. The normalized spacial score (nSPS) is 11.0. The molecule has 0 N–H and O–H groups in total. The fourth-order valence-electron chi connectivity index (χ4n) is 2.71. The minimum atomic E-state index is 0.0258. The van der Waals surface area contributed by atoms with E-state index in [9.17, 15) is 4.79 Å². The second-order valence-corrected chi connectivity index (χ2v) is 7.66. The monoisotopic (exact) mass is 380 g/mol. The molecular formula is C21H24N4OS. The number of aromatic nitrogens is 2. The van der Waals surface area contributed by atoms with Crippen LogP contribution >= 0.6 is 11.3 Å². The van der Waals surface area contributed by atoms with E-state index >= 15 is 0 Å². The predicted octanol–water partition coefficient (Wildman–Crippen LogP) is 3.72. The average Bonchev–Trinajstić information content (AvgIpc) is 3.07. The lowest BCUT2D eigenvalue weighted by Gasteiger charge is -2.24. The van der Waals surface area contributed by atoms with Gasteiger partial charge in [-0.2, -0.15) is 0 Å². The number of aryl methyl sites for hydroxylation is 1. The molecule has 0 atom stereocenters. The van der Waals surface area contributed by atoms with Gasteiger partial charge in [-0.3, -0.25) is 9.78 Å². The van der Waals surface area contributed by atoms with Crippen molar-refractivity contribution in [2.24, 2.45) is 0 Å². The van der Waals surface area contributed by atoms with Gasteiger partial charge in [-0.1, -0.05) is 36.4 Å². The Kier molecular flexibility index (Phi) is 6.32. The van der Waals surface area contributed by atoms with Gasteiger partial charge in [0.05, 0.1) is 11.4 Å². The molecule has 0 saturated heterocycles. The predicted molar refractivity (Wildman–Crippen MR) is 110 cm³/mol. The van der Waals surface area contributed by atoms with E-state index in [1.807, 2.05) is 62.3 Å². The molecule has 0 saturated carbocycles. The number of likely N-dealkylation sites (N-methyl/N-ethyl adjacent to an activating group) is 1. The van der Waals surface area contributed by atoms with Crippen molar-refractivity contribution in [1.82, 2.24) is 19.8 Å². The van der Waals surface area contributed by atoms with Crippen LogP contribution in [-0.2, 0) is 6.54 Å². The van der Waals surface area contributed by atoms with Crippen LogP contribution in [0.3, 0.4) is 0 Å². The molecule has 0 aliphatic rings. The highest BCUT2D eigenvalue weighted by Crippen LogP contribution is 2.27. The molecule has 0 bridgehead atoms. The van der Waals surface area contributed by atoms with Crippen molar-refractivity contribution in [2.75, 3.05) is 27.2 Å². The van der Waals surface area contributed by atoms with Gasteiger partial charge >= 0.3 is 0 Å². The number of rotatable bonds is 7. The molecule has 2 aromatic heterocycles. The summed E-state index contributed by atoms with van der Waals surface area (Å²) in [6, 6.07) is 15.8. The number of carbonyl (C=O) groups excluding carboxylic acids is 1. The number of amides is 1. The maximum absolute atomic E-state index is 13.3. The van der Waals surface area contributed by atoms with Crippen LogP contribution in [0.15, 0.2) is 54.7 Å². The summed E-state index contributed by atoms with van der Waals surface area (Å²) in [5.74, 6) is 0.0258. The Labute approximate surface area is 164 Å². The molecule has 0 unspecified atom stereocenters. The Morgan fingerprint density at radius 3 is 2.44 bits per heavy atom. The second kappa shape index (κ2) is 8.88. The molecule has 1 amide bonds. The van der Waals surface area contributed by atoms with Crippen LogP contribution in [0, 0.1) is 6.92 Å². The van der Waals surface area contributed by atoms with Gasteiger partial charge in [0.15, 0.2) is 0 Å². The maximum atomic E-state index is 13.3. The highest BCUT2D eigenvalue weighted by Gasteiger charge is 2.22. The van der Waals surface area contributed by atoms with E-state index in [2.05, 4.69) is 27.0 Å². The van der Waals surface area contributed by atoms with Crippen LogP contribution in [0.25, 0.3) is 10.7 Å². The Bertz CT molecular complexity index is 878. The van der Waals surface area contributed by atoms with Gasteiger partial charge in [-0.05, 0) is 38.7 Å². The van der Waals surface area contributed by atoms with Gasteiger partial charge in [0, 0.05) is 25.8 Å². The van der Waals surface area contributed by atoms with E-state index in [0.717, 1.165) is 28.5 Å². The van der Waals surface area contributed by atoms with Gasteiger partial charge in [-0.25, -0.2) is 4.98 Å². The van der Waals surface area contributed by atoms with E-state index in [0.29, 0.717) is 18.0 Å². The summed E-state index contributed by atoms with van der Waals surface area (Å²) in [7, 11) is 4.03. The fourth-order valence-corrected chi connectivity index (χ4v) is 3.73. The van der Waals surface area contributed by atoms with Crippen LogP contribution in [0.1, 0.15) is 20.9 Å². The molecule has 5 nitrogen and oxygen atoms in total. The van der Waals surface area contributed by atoms with Crippen LogP contribution < -0.4 is 0 Å². The number of benzene rings is 1. The van der Waals surface area contributed by atoms with E-state index in [1.165, 1.54) is 11.3 Å². The molecule has 2 heterocycles. The van der Waals surface area contributed by atoms with Crippen molar-refractivity contribution in [2.45, 2.75) is 13.5 Å². The summed E-state index contributed by atoms with van der Waals surface area (Å²) in [4.78, 5) is 26.9. The number of thiazole rings is 1. The molecule has 3 rings (SSSR count). The molecule has 27 heavy (non-hydrogen) atoms. The number of pyridine rings is 1. The first-order valence-electron chi connectivity index (χ1n) is 8.91. The maximum Gasteiger partial charge on any atom is 0.266 e. The van der Waals surface area contributed by atoms with Crippen molar-refractivity contribution in [1.29, 1.82) is 0 Å². The van der Waals surface area contributed by atoms with Gasteiger partial charge in [0.1, 0.15) is 9.88 Å². The second-order valence-electron chi connectivity index (χ2n) is 6.66. The van der Waals surface area contributed by atoms with E-state index in [4.69, 9.17) is 0 Å². The van der Waals surface area contributed by atoms with Crippen molar-refractivity contribution in [3.05, 3.63) is 70.9 Å². The van der Waals surface area contributed by atoms with Crippen LogP contribution in [0.4, 0.5) is 0 Å². The molecule has 1 aromatic carbocycles. The average molecular weight is 381 g/mol. The topological polar surface area (TPSA) is 49.3 Å². The quantitative estimate of drug-likeness (QED) is 0.627. The first-order chi connectivity index (χ1) is 13.0. The molecule has 6 heteroatoms. The molecular weight excluding hydrogens is 356 g/mol. The zero-order valence-corrected chi connectivity index (χ0v) is 16.7. The number of carbonyl (C=O) groups is 1. The van der Waals surface area contributed by atoms with Gasteiger partial charge < -0.3 is 9.80 Å². The fraction of sp³-hybridized carbons (Fsp3) is 0.286. The van der Waals surface area contributed by atoms with Crippen LogP contribution in [-0.4, -0.2) is 52.9 Å². The summed E-state index contributed by atoms with van der Waals surface area (Å²) < 4.78 is 0. The van der Waals surface area contributed by atoms with Crippen LogP contribution in [0.2, 0.25) is 0 Å². The van der Waals surface area contributed by atoms with E-state index < -0.39 is 0 Å². The standard InChI is InChI=1S/C21H24N4OS/c1-16-19(27-20(23-16)18-11-7-8-12-22-18)21(26)25(14-13-24(2)3)15-17-9-5-4-6-10-17/h4-12H,13-15H2,1-3H3. The zero-order chi connectivity index (χ0) is 19.2. The molecule has 140 valence electrons. The summed E-state index contributed by atoms with van der Waals surface area (Å²) in [6.07, 6.45) is 1.74. The van der Waals surface area contributed by atoms with Crippen molar-refractivity contribution in [3.8, 4) is 10.7 Å². The number of hydrogen-bond acceptors (Lipinski definition) is 5. The third-order valence-corrected chi connectivity index (χ3v) is 5.36. The minimum absolute atomic E-state index is 0.0258. The third kappa shape index (κ3) is 4.99. The van der Waals surface area contributed by atoms with Crippen molar-refractivity contribution >= 4 is 17.2 Å². The number of hydrogen-bond donors (Lipinski definition) is 0. The Morgan fingerprint density at radius 2 is 1.78 bits per heavy atom. The third-order valence-electron chi connectivity index (χ3n) is 4.20. The van der Waals surface area contributed by atoms with Crippen molar-refractivity contribution in [3.63, 3.8) is 0 Å². The minimum Gasteiger partial charge on any atom is -0.332 e. The first kappa shape index (κ1) is 19.2. The zero-order valence-electron chi connectivity index (χ0n) is 15.9. The molecule has 3 aromatic rings. The summed E-state index contributed by atoms with van der Waals surface area (Å²) in [5, 5.41) is 0.781. The van der Waals surface area contributed by atoms with Crippen LogP contribution in [0.5, 0.6) is 0 Å². The van der Waals surface area contributed by atoms with E-state index in [-0.39, 0.29) is 5.91 Å². The molecule has 0 fully saturated rings. The molecule has 0 radical (unpaired) electrons. The van der Waals surface area contributed by atoms with E-state index in [1.54, 1.807) is 6.20 Å². The highest BCUT2D eigenvalue weighted by molar-refractivity contribution is 7.17. The summed E-state index contributed by atoms with van der Waals surface area (Å²) in [6.45, 7) is 3.95. The molecule has 0 aliphatic heterocycles. The first-order valence-corrected chi connectivity index (χ1v) is 9.73. The lowest BCUT2D eigenvalue weighted by atomic mass is 10.2. The highest BCUT2D eigenvalue weighted by atomic mass is 32.1. The van der Waals surface area contributed by atoms with Gasteiger partial charge in [0.2, 0.25) is 0 Å². The van der Waals surface area contributed by atoms with Gasteiger partial charge in [-0.15, -0.1) is 11.3 Å². The van der Waals surface area contributed by atoms with Crippen molar-refractivity contribution < 1.29 is 4.79 Å². The van der Waals surface area contributed by atoms with Gasteiger partial charge in [0.25, 0.3) is 5.91 Å². The Balaban J connectivity index is 1.85. The molecule has 0 aliphatic carbocycles. The SMILES string of the molecule is Cc1nc(-c2ccccn2)sc1C(=O)N(CCN(C)C)Cc1ccccc1. The smallest absolute Gasteiger partial charge is 0.266 e.